The second-order valence-corrected chi connectivity index (χ2v) is 6.22. The highest BCUT2D eigenvalue weighted by molar-refractivity contribution is 5.72. The van der Waals surface area contributed by atoms with E-state index in [0.29, 0.717) is 13.2 Å². The van der Waals surface area contributed by atoms with E-state index in [4.69, 9.17) is 4.74 Å². The van der Waals surface area contributed by atoms with E-state index in [1.165, 1.54) is 18.2 Å². The fourth-order valence-corrected chi connectivity index (χ4v) is 2.96. The van der Waals surface area contributed by atoms with E-state index < -0.39 is 0 Å². The first-order valence-electron chi connectivity index (χ1n) is 8.49. The molecule has 0 saturated heterocycles. The van der Waals surface area contributed by atoms with Gasteiger partial charge >= 0.3 is 0 Å². The molecule has 0 radical (unpaired) electrons. The quantitative estimate of drug-likeness (QED) is 0.784. The van der Waals surface area contributed by atoms with Crippen molar-refractivity contribution in [2.45, 2.75) is 33.1 Å². The molecule has 6 heteroatoms. The van der Waals surface area contributed by atoms with Gasteiger partial charge in [0.2, 0.25) is 5.91 Å². The van der Waals surface area contributed by atoms with Crippen molar-refractivity contribution >= 4 is 5.91 Å². The van der Waals surface area contributed by atoms with Gasteiger partial charge in [0.15, 0.2) is 0 Å². The highest BCUT2D eigenvalue weighted by Gasteiger charge is 2.18. The summed E-state index contributed by atoms with van der Waals surface area (Å²) < 4.78 is 7.64. The zero-order valence-electron chi connectivity index (χ0n) is 14.6. The van der Waals surface area contributed by atoms with Crippen LogP contribution in [0.3, 0.4) is 0 Å². The molecule has 0 saturated carbocycles. The molecule has 1 aliphatic rings. The maximum atomic E-state index is 11.0. The fourth-order valence-electron chi connectivity index (χ4n) is 2.96. The van der Waals surface area contributed by atoms with Gasteiger partial charge in [0.25, 0.3) is 0 Å². The molecule has 0 atom stereocenters. The average molecular weight is 340 g/mol. The number of nitrogens with zero attached hydrogens (tertiary/aromatic N) is 3. The largest absolute Gasteiger partial charge is 0.490 e. The van der Waals surface area contributed by atoms with E-state index in [-0.39, 0.29) is 5.91 Å². The number of benzene rings is 1. The van der Waals surface area contributed by atoms with Crippen LogP contribution in [0.15, 0.2) is 43.0 Å². The van der Waals surface area contributed by atoms with E-state index in [0.717, 1.165) is 37.6 Å². The van der Waals surface area contributed by atoms with Gasteiger partial charge in [-0.25, -0.2) is 0 Å². The third-order valence-corrected chi connectivity index (χ3v) is 4.12. The first-order chi connectivity index (χ1) is 12.1. The van der Waals surface area contributed by atoms with Crippen LogP contribution in [0.4, 0.5) is 0 Å². The van der Waals surface area contributed by atoms with Gasteiger partial charge in [0.05, 0.1) is 24.5 Å². The molecule has 1 aliphatic heterocycles. The van der Waals surface area contributed by atoms with Crippen molar-refractivity contribution in [2.24, 2.45) is 0 Å². The first-order valence-corrected chi connectivity index (χ1v) is 8.49. The Labute approximate surface area is 148 Å². The molecule has 2 heterocycles. The summed E-state index contributed by atoms with van der Waals surface area (Å²) in [5.41, 5.74) is 3.32. The zero-order valence-corrected chi connectivity index (χ0v) is 14.6. The Morgan fingerprint density at radius 3 is 3.08 bits per heavy atom. The van der Waals surface area contributed by atoms with Crippen LogP contribution in [0.2, 0.25) is 0 Å². The zero-order chi connectivity index (χ0) is 17.6. The lowest BCUT2D eigenvalue weighted by Gasteiger charge is -2.27. The molecule has 3 rings (SSSR count). The summed E-state index contributed by atoms with van der Waals surface area (Å²) in [5, 5.41) is 7.35. The van der Waals surface area contributed by atoms with Gasteiger partial charge in [-0.15, -0.1) is 0 Å². The Morgan fingerprint density at radius 1 is 1.40 bits per heavy atom. The third-order valence-electron chi connectivity index (χ3n) is 4.12. The molecule has 25 heavy (non-hydrogen) atoms. The highest BCUT2D eigenvalue weighted by Crippen LogP contribution is 2.19. The number of nitrogens with one attached hydrogen (secondary N) is 1. The van der Waals surface area contributed by atoms with E-state index >= 15 is 0 Å². The molecule has 1 aromatic carbocycles. The van der Waals surface area contributed by atoms with Crippen molar-refractivity contribution in [3.05, 3.63) is 59.9 Å². The van der Waals surface area contributed by atoms with Crippen LogP contribution in [0.25, 0.3) is 0 Å². The van der Waals surface area contributed by atoms with Crippen LogP contribution in [0.5, 0.6) is 5.75 Å². The molecule has 0 unspecified atom stereocenters. The minimum absolute atomic E-state index is 0.0360. The molecule has 0 fully saturated rings. The monoisotopic (exact) mass is 340 g/mol. The smallest absolute Gasteiger partial charge is 0.217 e. The number of aromatic nitrogens is 2. The second kappa shape index (κ2) is 7.98. The summed E-state index contributed by atoms with van der Waals surface area (Å²) in [6.45, 7) is 9.73. The van der Waals surface area contributed by atoms with Gasteiger partial charge in [-0.05, 0) is 23.8 Å². The average Bonchev–Trinajstić information content (AvgIpc) is 3.01. The van der Waals surface area contributed by atoms with Gasteiger partial charge in [0.1, 0.15) is 12.4 Å². The Morgan fingerprint density at radius 2 is 2.28 bits per heavy atom. The first kappa shape index (κ1) is 17.2. The normalized spacial score (nSPS) is 14.0. The Balaban J connectivity index is 1.61. The predicted octanol–water partition coefficient (Wildman–Crippen LogP) is 2.10. The van der Waals surface area contributed by atoms with Crippen molar-refractivity contribution in [2.75, 3.05) is 13.2 Å². The molecule has 1 amide bonds. The summed E-state index contributed by atoms with van der Waals surface area (Å²) in [7, 11) is 0. The maximum absolute atomic E-state index is 11.0. The van der Waals surface area contributed by atoms with Crippen LogP contribution in [-0.2, 0) is 31.0 Å². The van der Waals surface area contributed by atoms with Gasteiger partial charge in [-0.1, -0.05) is 24.8 Å². The molecule has 1 aromatic heterocycles. The molecular formula is C19H24N4O2. The summed E-state index contributed by atoms with van der Waals surface area (Å²) in [4.78, 5) is 13.4. The van der Waals surface area contributed by atoms with Crippen LogP contribution < -0.4 is 10.1 Å². The lowest BCUT2D eigenvalue weighted by molar-refractivity contribution is -0.119. The number of carbonyl (C=O) groups is 1. The topological polar surface area (TPSA) is 59.4 Å². The third kappa shape index (κ3) is 4.70. The number of fused-ring (bicyclic) bond motifs is 1. The van der Waals surface area contributed by atoms with E-state index in [1.807, 2.05) is 16.8 Å². The Bertz CT molecular complexity index is 754. The molecule has 0 aliphatic carbocycles. The van der Waals surface area contributed by atoms with Crippen LogP contribution in [0, 0.1) is 0 Å². The van der Waals surface area contributed by atoms with E-state index in [1.54, 1.807) is 6.08 Å². The van der Waals surface area contributed by atoms with Gasteiger partial charge in [0, 0.05) is 26.6 Å². The number of hydrogen-bond donors (Lipinski definition) is 1. The highest BCUT2D eigenvalue weighted by atomic mass is 16.5. The second-order valence-electron chi connectivity index (χ2n) is 6.22. The number of ether oxygens (including phenoxy) is 1. The van der Waals surface area contributed by atoms with Gasteiger partial charge in [-0.3, -0.25) is 14.4 Å². The fraction of sp³-hybridized carbons (Fsp3) is 0.368. The van der Waals surface area contributed by atoms with Crippen LogP contribution in [-0.4, -0.2) is 33.7 Å². The minimum Gasteiger partial charge on any atom is -0.490 e. The van der Waals surface area contributed by atoms with Crippen molar-refractivity contribution in [3.63, 3.8) is 0 Å². The molecule has 0 bridgehead atoms. The summed E-state index contributed by atoms with van der Waals surface area (Å²) in [5.74, 6) is 0.836. The lowest BCUT2D eigenvalue weighted by atomic mass is 10.2. The van der Waals surface area contributed by atoms with Gasteiger partial charge < -0.3 is 10.1 Å². The van der Waals surface area contributed by atoms with Crippen molar-refractivity contribution in [3.8, 4) is 5.75 Å². The predicted molar refractivity (Wildman–Crippen MR) is 96.0 cm³/mol. The molecular weight excluding hydrogens is 316 g/mol. The summed E-state index contributed by atoms with van der Waals surface area (Å²) in [6, 6.07) is 10.3. The van der Waals surface area contributed by atoms with Crippen molar-refractivity contribution in [1.29, 1.82) is 0 Å². The Kier molecular flexibility index (Phi) is 5.50. The SMILES string of the molecule is C=CCOc1cccc(CN2CCn3nc(CNC(C)=O)cc3C2)c1. The molecule has 1 N–H and O–H groups in total. The van der Waals surface area contributed by atoms with Gasteiger partial charge in [-0.2, -0.15) is 5.10 Å². The summed E-state index contributed by atoms with van der Waals surface area (Å²) >= 11 is 0. The molecule has 132 valence electrons. The minimum atomic E-state index is -0.0360. The number of amides is 1. The molecule has 6 nitrogen and oxygen atoms in total. The lowest BCUT2D eigenvalue weighted by Crippen LogP contribution is -2.33. The van der Waals surface area contributed by atoms with E-state index in [2.05, 4.69) is 40.1 Å². The molecule has 0 spiro atoms. The Hall–Kier alpha value is -2.60. The number of carbonyl (C=O) groups excluding carboxylic acids is 1. The van der Waals surface area contributed by atoms with Crippen molar-refractivity contribution < 1.29 is 9.53 Å². The van der Waals surface area contributed by atoms with Crippen LogP contribution in [0.1, 0.15) is 23.9 Å². The summed E-state index contributed by atoms with van der Waals surface area (Å²) in [6.07, 6.45) is 1.75. The van der Waals surface area contributed by atoms with Crippen molar-refractivity contribution in [1.82, 2.24) is 20.0 Å². The molecule has 2 aromatic rings. The number of rotatable bonds is 7. The van der Waals surface area contributed by atoms with Crippen LogP contribution >= 0.6 is 0 Å². The maximum Gasteiger partial charge on any atom is 0.217 e. The standard InChI is InChI=1S/C19H24N4O2/c1-3-9-25-19-6-4-5-16(10-19)13-22-7-8-23-18(14-22)11-17(21-23)12-20-15(2)24/h3-6,10-11H,1,7-9,12-14H2,2H3,(H,20,24). The number of hydrogen-bond acceptors (Lipinski definition) is 4. The van der Waals surface area contributed by atoms with E-state index in [9.17, 15) is 4.79 Å².